The van der Waals surface area contributed by atoms with Crippen LogP contribution in [0.5, 0.6) is 5.75 Å². The second-order valence-corrected chi connectivity index (χ2v) is 5.02. The topological polar surface area (TPSA) is 70.6 Å². The van der Waals surface area contributed by atoms with Gasteiger partial charge >= 0.3 is 6.18 Å². The lowest BCUT2D eigenvalue weighted by molar-refractivity contribution is -0.137. The molecular formula is C14H17F3N2O3. The third-order valence-electron chi connectivity index (χ3n) is 3.26. The zero-order chi connectivity index (χ0) is 16.2. The highest BCUT2D eigenvalue weighted by atomic mass is 19.4. The number of alkyl halides is 3. The highest BCUT2D eigenvalue weighted by molar-refractivity contribution is 5.82. The number of rotatable bonds is 5. The number of nitrogens with one attached hydrogen (secondary N) is 2. The van der Waals surface area contributed by atoms with Crippen LogP contribution in [0.1, 0.15) is 12.0 Å². The molecule has 1 heterocycles. The van der Waals surface area contributed by atoms with Crippen molar-refractivity contribution in [3.63, 3.8) is 0 Å². The Morgan fingerprint density at radius 2 is 2.23 bits per heavy atom. The maximum atomic E-state index is 12.5. The Morgan fingerprint density at radius 3 is 2.86 bits per heavy atom. The van der Waals surface area contributed by atoms with Gasteiger partial charge in [0.1, 0.15) is 12.4 Å². The molecule has 1 fully saturated rings. The number of carbonyl (C=O) groups is 1. The van der Waals surface area contributed by atoms with E-state index in [1.54, 1.807) is 0 Å². The molecule has 5 nitrogen and oxygen atoms in total. The summed E-state index contributed by atoms with van der Waals surface area (Å²) in [5.41, 5.74) is -0.779. The molecule has 2 atom stereocenters. The number of ether oxygens (including phenoxy) is 1. The van der Waals surface area contributed by atoms with Crippen molar-refractivity contribution in [1.82, 2.24) is 10.6 Å². The molecule has 1 amide bonds. The normalized spacial score (nSPS) is 21.6. The van der Waals surface area contributed by atoms with Gasteiger partial charge in [0.15, 0.2) is 0 Å². The predicted molar refractivity (Wildman–Crippen MR) is 72.4 cm³/mol. The molecule has 2 unspecified atom stereocenters. The standard InChI is InChI=1S/C14H17F3N2O3/c15-14(16,17)9-2-1-3-11(6-9)22-5-4-18-13(21)12-7-10(20)8-19-12/h1-3,6,10,12,19-20H,4-5,7-8H2,(H,18,21). The van der Waals surface area contributed by atoms with E-state index in [0.717, 1.165) is 12.1 Å². The van der Waals surface area contributed by atoms with Gasteiger partial charge in [-0.05, 0) is 24.6 Å². The van der Waals surface area contributed by atoms with Crippen molar-refractivity contribution in [2.24, 2.45) is 0 Å². The summed E-state index contributed by atoms with van der Waals surface area (Å²) in [4.78, 5) is 11.7. The number of hydrogen-bond donors (Lipinski definition) is 3. The molecule has 1 aromatic rings. The van der Waals surface area contributed by atoms with E-state index in [-0.39, 0.29) is 24.8 Å². The average Bonchev–Trinajstić information content (AvgIpc) is 2.89. The van der Waals surface area contributed by atoms with Gasteiger partial charge in [0.2, 0.25) is 5.91 Å². The maximum Gasteiger partial charge on any atom is 0.416 e. The molecule has 22 heavy (non-hydrogen) atoms. The summed E-state index contributed by atoms with van der Waals surface area (Å²) < 4.78 is 42.8. The lowest BCUT2D eigenvalue weighted by Crippen LogP contribution is -2.41. The minimum absolute atomic E-state index is 0.0579. The summed E-state index contributed by atoms with van der Waals surface area (Å²) in [5.74, 6) is -0.164. The van der Waals surface area contributed by atoms with Gasteiger partial charge in [-0.2, -0.15) is 13.2 Å². The minimum Gasteiger partial charge on any atom is -0.492 e. The average molecular weight is 318 g/mol. The van der Waals surface area contributed by atoms with Gasteiger partial charge in [0, 0.05) is 6.54 Å². The molecule has 8 heteroatoms. The van der Waals surface area contributed by atoms with Gasteiger partial charge in [0.25, 0.3) is 0 Å². The van der Waals surface area contributed by atoms with Crippen LogP contribution in [0.4, 0.5) is 13.2 Å². The first-order valence-corrected chi connectivity index (χ1v) is 6.85. The van der Waals surface area contributed by atoms with E-state index in [2.05, 4.69) is 10.6 Å². The largest absolute Gasteiger partial charge is 0.492 e. The zero-order valence-corrected chi connectivity index (χ0v) is 11.7. The lowest BCUT2D eigenvalue weighted by atomic mass is 10.2. The van der Waals surface area contributed by atoms with Crippen molar-refractivity contribution in [3.8, 4) is 5.75 Å². The number of β-amino-alcohol motifs (C(OH)–C–C–N with tert-alkyl or cyclic N) is 1. The minimum atomic E-state index is -4.41. The number of aliphatic hydroxyl groups excluding tert-OH is 1. The van der Waals surface area contributed by atoms with Crippen LogP contribution >= 0.6 is 0 Å². The highest BCUT2D eigenvalue weighted by Gasteiger charge is 2.30. The van der Waals surface area contributed by atoms with Crippen LogP contribution in [0.3, 0.4) is 0 Å². The van der Waals surface area contributed by atoms with Gasteiger partial charge in [-0.1, -0.05) is 6.07 Å². The smallest absolute Gasteiger partial charge is 0.416 e. The monoisotopic (exact) mass is 318 g/mol. The summed E-state index contributed by atoms with van der Waals surface area (Å²) in [6, 6.07) is 4.12. The molecule has 122 valence electrons. The van der Waals surface area contributed by atoms with Crippen molar-refractivity contribution in [2.45, 2.75) is 24.7 Å². The first kappa shape index (κ1) is 16.6. The first-order valence-electron chi connectivity index (χ1n) is 6.85. The summed E-state index contributed by atoms with van der Waals surface area (Å²) in [7, 11) is 0. The molecule has 0 saturated carbocycles. The van der Waals surface area contributed by atoms with E-state index in [4.69, 9.17) is 4.74 Å². The molecule has 0 radical (unpaired) electrons. The molecule has 0 spiro atoms. The first-order chi connectivity index (χ1) is 10.4. The fourth-order valence-corrected chi connectivity index (χ4v) is 2.15. The second-order valence-electron chi connectivity index (χ2n) is 5.02. The van der Waals surface area contributed by atoms with Gasteiger partial charge in [-0.15, -0.1) is 0 Å². The molecule has 3 N–H and O–H groups in total. The van der Waals surface area contributed by atoms with Crippen LogP contribution in [0, 0.1) is 0 Å². The van der Waals surface area contributed by atoms with E-state index in [1.165, 1.54) is 12.1 Å². The molecule has 0 bridgehead atoms. The Bertz CT molecular complexity index is 522. The number of hydrogen-bond acceptors (Lipinski definition) is 4. The highest BCUT2D eigenvalue weighted by Crippen LogP contribution is 2.31. The summed E-state index contributed by atoms with van der Waals surface area (Å²) in [6.07, 6.45) is -4.60. The SMILES string of the molecule is O=C(NCCOc1cccc(C(F)(F)F)c1)C1CC(O)CN1. The quantitative estimate of drug-likeness (QED) is 0.706. The van der Waals surface area contributed by atoms with Crippen LogP contribution < -0.4 is 15.4 Å². The third kappa shape index (κ3) is 4.60. The van der Waals surface area contributed by atoms with Gasteiger partial charge < -0.3 is 20.5 Å². The number of aliphatic hydroxyl groups is 1. The Morgan fingerprint density at radius 1 is 1.45 bits per heavy atom. The van der Waals surface area contributed by atoms with Gasteiger partial charge in [0.05, 0.1) is 24.3 Å². The number of benzene rings is 1. The van der Waals surface area contributed by atoms with E-state index < -0.39 is 23.9 Å². The summed E-state index contributed by atoms with van der Waals surface area (Å²) in [6.45, 7) is 0.602. The molecule has 1 aliphatic heterocycles. The molecule has 2 rings (SSSR count). The van der Waals surface area contributed by atoms with E-state index >= 15 is 0 Å². The van der Waals surface area contributed by atoms with Crippen molar-refractivity contribution < 1.29 is 27.8 Å². The van der Waals surface area contributed by atoms with Crippen molar-refractivity contribution in [3.05, 3.63) is 29.8 Å². The Balaban J connectivity index is 1.74. The Labute approximate surface area is 125 Å². The lowest BCUT2D eigenvalue weighted by Gasteiger charge is -2.12. The Kier molecular flexibility index (Phi) is 5.25. The second kappa shape index (κ2) is 6.97. The van der Waals surface area contributed by atoms with Crippen LogP contribution in [-0.4, -0.2) is 42.9 Å². The summed E-state index contributed by atoms with van der Waals surface area (Å²) in [5, 5.41) is 14.8. The van der Waals surface area contributed by atoms with Crippen LogP contribution in [0.25, 0.3) is 0 Å². The molecule has 1 aliphatic rings. The van der Waals surface area contributed by atoms with E-state index in [1.807, 2.05) is 0 Å². The van der Waals surface area contributed by atoms with Crippen molar-refractivity contribution in [2.75, 3.05) is 19.7 Å². The van der Waals surface area contributed by atoms with Gasteiger partial charge in [-0.3, -0.25) is 4.79 Å². The fraction of sp³-hybridized carbons (Fsp3) is 0.500. The van der Waals surface area contributed by atoms with Gasteiger partial charge in [-0.25, -0.2) is 0 Å². The van der Waals surface area contributed by atoms with Crippen LogP contribution in [0.15, 0.2) is 24.3 Å². The van der Waals surface area contributed by atoms with E-state index in [0.29, 0.717) is 13.0 Å². The number of carbonyl (C=O) groups excluding carboxylic acids is 1. The van der Waals surface area contributed by atoms with Crippen LogP contribution in [0.2, 0.25) is 0 Å². The molecule has 1 saturated heterocycles. The van der Waals surface area contributed by atoms with E-state index in [9.17, 15) is 23.1 Å². The summed E-state index contributed by atoms with van der Waals surface area (Å²) >= 11 is 0. The fourth-order valence-electron chi connectivity index (χ4n) is 2.15. The zero-order valence-electron chi connectivity index (χ0n) is 11.7. The maximum absolute atomic E-state index is 12.5. The van der Waals surface area contributed by atoms with Crippen LogP contribution in [-0.2, 0) is 11.0 Å². The molecule has 0 aliphatic carbocycles. The molecule has 1 aromatic carbocycles. The number of amides is 1. The van der Waals surface area contributed by atoms with Crippen molar-refractivity contribution in [1.29, 1.82) is 0 Å². The predicted octanol–water partition coefficient (Wildman–Crippen LogP) is 0.923. The molecular weight excluding hydrogens is 301 g/mol. The number of halogens is 3. The third-order valence-corrected chi connectivity index (χ3v) is 3.26. The Hall–Kier alpha value is -1.80. The van der Waals surface area contributed by atoms with Crippen molar-refractivity contribution >= 4 is 5.91 Å². The molecule has 0 aromatic heterocycles.